The first kappa shape index (κ1) is 28.7. The minimum Gasteiger partial charge on any atom is -0.508 e. The van der Waals surface area contributed by atoms with Gasteiger partial charge >= 0.3 is 11.9 Å². The van der Waals surface area contributed by atoms with Gasteiger partial charge in [-0.2, -0.15) is 0 Å². The van der Waals surface area contributed by atoms with Crippen molar-refractivity contribution in [2.24, 2.45) is 5.73 Å². The van der Waals surface area contributed by atoms with Gasteiger partial charge in [-0.15, -0.1) is 0 Å². The van der Waals surface area contributed by atoms with Crippen LogP contribution in [0.1, 0.15) is 17.5 Å². The molecule has 13 nitrogen and oxygen atoms in total. The van der Waals surface area contributed by atoms with Gasteiger partial charge < -0.3 is 42.0 Å². The van der Waals surface area contributed by atoms with Gasteiger partial charge in [0.1, 0.15) is 17.8 Å². The Balaban J connectivity index is 1.67. The predicted octanol–water partition coefficient (Wildman–Crippen LogP) is -0.369. The van der Waals surface area contributed by atoms with Crippen LogP contribution in [0, 0.1) is 0 Å². The second-order valence-electron chi connectivity index (χ2n) is 8.88. The number of carbonyl (C=O) groups excluding carboxylic acids is 3. The molecule has 0 radical (unpaired) electrons. The van der Waals surface area contributed by atoms with E-state index in [1.165, 1.54) is 12.1 Å². The molecule has 0 spiro atoms. The van der Waals surface area contributed by atoms with Crippen LogP contribution in [-0.2, 0) is 36.8 Å². The number of rotatable bonds is 13. The number of aliphatic carboxylic acids is 2. The molecule has 3 amide bonds. The summed E-state index contributed by atoms with van der Waals surface area (Å²) in [5.74, 6) is -5.17. The van der Waals surface area contributed by atoms with E-state index in [-0.39, 0.29) is 18.6 Å². The van der Waals surface area contributed by atoms with Gasteiger partial charge in [0.2, 0.25) is 17.7 Å². The highest BCUT2D eigenvalue weighted by molar-refractivity contribution is 5.94. The molecular formula is C26H29N5O8. The third-order valence-electron chi connectivity index (χ3n) is 5.90. The first-order valence-electron chi connectivity index (χ1n) is 11.9. The Labute approximate surface area is 222 Å². The fourth-order valence-corrected chi connectivity index (χ4v) is 3.90. The third-order valence-corrected chi connectivity index (χ3v) is 5.90. The van der Waals surface area contributed by atoms with Crippen LogP contribution in [0.5, 0.6) is 5.75 Å². The first-order chi connectivity index (χ1) is 18.5. The predicted molar refractivity (Wildman–Crippen MR) is 139 cm³/mol. The summed E-state index contributed by atoms with van der Waals surface area (Å²) < 4.78 is 0. The van der Waals surface area contributed by atoms with Crippen molar-refractivity contribution in [1.82, 2.24) is 20.9 Å². The first-order valence-corrected chi connectivity index (χ1v) is 11.9. The van der Waals surface area contributed by atoms with Crippen molar-refractivity contribution < 1.29 is 39.3 Å². The molecule has 0 fully saturated rings. The van der Waals surface area contributed by atoms with Crippen LogP contribution in [0.15, 0.2) is 54.7 Å². The van der Waals surface area contributed by atoms with E-state index in [0.29, 0.717) is 11.1 Å². The fraction of sp³-hybridized carbons (Fsp3) is 0.269. The van der Waals surface area contributed by atoms with Gasteiger partial charge in [0.15, 0.2) is 0 Å². The molecule has 2 aromatic carbocycles. The van der Waals surface area contributed by atoms with Crippen LogP contribution in [0.4, 0.5) is 0 Å². The Hall–Kier alpha value is -4.91. The molecule has 0 aliphatic heterocycles. The number of aromatic amines is 1. The molecule has 0 saturated carbocycles. The molecule has 1 aromatic heterocycles. The molecule has 3 rings (SSSR count). The van der Waals surface area contributed by atoms with Gasteiger partial charge in [-0.1, -0.05) is 30.3 Å². The molecule has 0 bridgehead atoms. The molecule has 1 heterocycles. The van der Waals surface area contributed by atoms with Gasteiger partial charge in [-0.05, 0) is 35.7 Å². The Morgan fingerprint density at radius 3 is 2.23 bits per heavy atom. The number of hydrogen-bond donors (Lipinski definition) is 8. The normalized spacial score (nSPS) is 13.2. The zero-order chi connectivity index (χ0) is 28.5. The number of carboxylic acid groups (broad SMARTS) is 2. The maximum Gasteiger partial charge on any atom is 0.326 e. The second kappa shape index (κ2) is 13.1. The number of aromatic nitrogens is 1. The second-order valence-corrected chi connectivity index (χ2v) is 8.88. The number of hydrogen-bond acceptors (Lipinski definition) is 7. The average Bonchev–Trinajstić information content (AvgIpc) is 3.30. The highest BCUT2D eigenvalue weighted by atomic mass is 16.4. The van der Waals surface area contributed by atoms with E-state index in [1.54, 1.807) is 30.5 Å². The van der Waals surface area contributed by atoms with Crippen LogP contribution in [0.2, 0.25) is 0 Å². The van der Waals surface area contributed by atoms with Gasteiger partial charge in [-0.3, -0.25) is 19.2 Å². The number of carbonyl (C=O) groups is 5. The van der Waals surface area contributed by atoms with Crippen molar-refractivity contribution >= 4 is 40.6 Å². The number of H-pyrrole nitrogens is 1. The number of nitrogens with two attached hydrogens (primary N) is 1. The summed E-state index contributed by atoms with van der Waals surface area (Å²) >= 11 is 0. The number of carboxylic acids is 2. The van der Waals surface area contributed by atoms with Crippen molar-refractivity contribution in [3.63, 3.8) is 0 Å². The van der Waals surface area contributed by atoms with Gasteiger partial charge in [0, 0.05) is 23.5 Å². The molecule has 0 aliphatic carbocycles. The standard InChI is InChI=1S/C26H29N5O8/c27-18(9-14-5-7-16(32)8-6-14)24(36)29-13-22(33)30-20(25(37)31-21(26(38)39)11-23(34)35)10-15-12-28-19-4-2-1-3-17(15)19/h1-8,12,18,20-21,28,32H,9-11,13,27H2,(H,29,36)(H,30,33)(H,31,37)(H,34,35)(H,38,39). The van der Waals surface area contributed by atoms with E-state index in [9.17, 15) is 34.2 Å². The van der Waals surface area contributed by atoms with Crippen molar-refractivity contribution in [2.75, 3.05) is 6.54 Å². The molecule has 0 saturated heterocycles. The summed E-state index contributed by atoms with van der Waals surface area (Å²) in [6.45, 7) is -0.517. The van der Waals surface area contributed by atoms with Crippen molar-refractivity contribution in [3.05, 3.63) is 65.9 Å². The van der Waals surface area contributed by atoms with E-state index in [0.717, 1.165) is 10.9 Å². The number of benzene rings is 2. The van der Waals surface area contributed by atoms with E-state index in [4.69, 9.17) is 10.8 Å². The summed E-state index contributed by atoms with van der Waals surface area (Å²) in [4.78, 5) is 63.6. The number of phenols is 1. The van der Waals surface area contributed by atoms with Gasteiger partial charge in [0.25, 0.3) is 0 Å². The summed E-state index contributed by atoms with van der Waals surface area (Å²) in [6.07, 6.45) is 0.895. The molecular weight excluding hydrogens is 510 g/mol. The van der Waals surface area contributed by atoms with E-state index >= 15 is 0 Å². The van der Waals surface area contributed by atoms with E-state index in [1.807, 2.05) is 12.1 Å². The minimum absolute atomic E-state index is 0.0463. The zero-order valence-electron chi connectivity index (χ0n) is 20.7. The monoisotopic (exact) mass is 539 g/mol. The van der Waals surface area contributed by atoms with Crippen LogP contribution >= 0.6 is 0 Å². The number of nitrogens with one attached hydrogen (secondary N) is 4. The lowest BCUT2D eigenvalue weighted by Crippen LogP contribution is -2.54. The van der Waals surface area contributed by atoms with Crippen LogP contribution in [0.25, 0.3) is 10.9 Å². The van der Waals surface area contributed by atoms with Crippen molar-refractivity contribution in [1.29, 1.82) is 0 Å². The number of para-hydroxylation sites is 1. The Morgan fingerprint density at radius 2 is 1.56 bits per heavy atom. The van der Waals surface area contributed by atoms with E-state index < -0.39 is 60.8 Å². The summed E-state index contributed by atoms with van der Waals surface area (Å²) in [5, 5.41) is 35.5. The molecule has 0 aliphatic rings. The molecule has 3 aromatic rings. The zero-order valence-corrected chi connectivity index (χ0v) is 20.7. The molecule has 9 N–H and O–H groups in total. The summed E-state index contributed by atoms with van der Waals surface area (Å²) in [6, 6.07) is 9.37. The Kier molecular flexibility index (Phi) is 9.59. The van der Waals surface area contributed by atoms with E-state index in [2.05, 4.69) is 20.9 Å². The molecule has 3 atom stereocenters. The average molecular weight is 540 g/mol. The highest BCUT2D eigenvalue weighted by Crippen LogP contribution is 2.19. The maximum atomic E-state index is 13.0. The minimum atomic E-state index is -1.71. The van der Waals surface area contributed by atoms with Crippen molar-refractivity contribution in [3.8, 4) is 5.75 Å². The molecule has 13 heteroatoms. The SMILES string of the molecule is NC(Cc1ccc(O)cc1)C(=O)NCC(=O)NC(Cc1c[nH]c2ccccc12)C(=O)NC(CC(=O)O)C(=O)O. The lowest BCUT2D eigenvalue weighted by Gasteiger charge is -2.21. The van der Waals surface area contributed by atoms with Crippen LogP contribution in [-0.4, -0.2) is 74.6 Å². The molecule has 206 valence electrons. The molecule has 39 heavy (non-hydrogen) atoms. The van der Waals surface area contributed by atoms with Gasteiger partial charge in [-0.25, -0.2) is 4.79 Å². The largest absolute Gasteiger partial charge is 0.508 e. The summed E-state index contributed by atoms with van der Waals surface area (Å²) in [7, 11) is 0. The maximum absolute atomic E-state index is 13.0. The van der Waals surface area contributed by atoms with Gasteiger partial charge in [0.05, 0.1) is 19.0 Å². The lowest BCUT2D eigenvalue weighted by atomic mass is 10.0. The number of phenolic OH excluding ortho intramolecular Hbond substituents is 1. The quantitative estimate of drug-likeness (QED) is 0.142. The topological polar surface area (TPSA) is 224 Å². The van der Waals surface area contributed by atoms with Crippen LogP contribution in [0.3, 0.4) is 0 Å². The number of amides is 3. The number of aromatic hydroxyl groups is 1. The Morgan fingerprint density at radius 1 is 0.872 bits per heavy atom. The smallest absolute Gasteiger partial charge is 0.326 e. The Bertz CT molecular complexity index is 1350. The number of fused-ring (bicyclic) bond motifs is 1. The fourth-order valence-electron chi connectivity index (χ4n) is 3.90. The summed E-state index contributed by atoms with van der Waals surface area (Å²) in [5.41, 5.74) is 8.04. The lowest BCUT2D eigenvalue weighted by molar-refractivity contribution is -0.147. The molecule has 3 unspecified atom stereocenters. The third kappa shape index (κ3) is 8.30. The van der Waals surface area contributed by atoms with Crippen LogP contribution < -0.4 is 21.7 Å². The highest BCUT2D eigenvalue weighted by Gasteiger charge is 2.29. The van der Waals surface area contributed by atoms with Crippen molar-refractivity contribution in [2.45, 2.75) is 37.4 Å².